The highest BCUT2D eigenvalue weighted by molar-refractivity contribution is 5.37. The molecule has 6 heteroatoms. The molecule has 3 rings (SSSR count). The third-order valence-corrected chi connectivity index (χ3v) is 3.70. The van der Waals surface area contributed by atoms with Crippen LogP contribution in [0.1, 0.15) is 22.4 Å². The van der Waals surface area contributed by atoms with Crippen molar-refractivity contribution in [2.24, 2.45) is 0 Å². The van der Waals surface area contributed by atoms with Gasteiger partial charge in [0.05, 0.1) is 22.9 Å². The van der Waals surface area contributed by atoms with Crippen LogP contribution in [0, 0.1) is 11.3 Å². The average molecular weight is 281 g/mol. The molecule has 106 valence electrons. The van der Waals surface area contributed by atoms with E-state index in [0.717, 1.165) is 17.8 Å². The molecule has 0 unspecified atom stereocenters. The molecule has 0 saturated heterocycles. The molecule has 0 radical (unpaired) electrons. The van der Waals surface area contributed by atoms with Crippen LogP contribution in [0.15, 0.2) is 29.1 Å². The van der Waals surface area contributed by atoms with Gasteiger partial charge in [-0.15, -0.1) is 0 Å². The molecule has 1 aromatic heterocycles. The Morgan fingerprint density at radius 3 is 3.05 bits per heavy atom. The van der Waals surface area contributed by atoms with Crippen molar-refractivity contribution in [1.82, 2.24) is 14.9 Å². The van der Waals surface area contributed by atoms with E-state index in [4.69, 9.17) is 11.0 Å². The number of nitrogens with one attached hydrogen (secondary N) is 1. The van der Waals surface area contributed by atoms with Crippen molar-refractivity contribution >= 4 is 5.95 Å². The van der Waals surface area contributed by atoms with Crippen LogP contribution >= 0.6 is 0 Å². The highest BCUT2D eigenvalue weighted by atomic mass is 16.1. The van der Waals surface area contributed by atoms with Crippen molar-refractivity contribution in [2.75, 3.05) is 12.3 Å². The lowest BCUT2D eigenvalue weighted by Gasteiger charge is -2.27. The van der Waals surface area contributed by atoms with Gasteiger partial charge in [-0.3, -0.25) is 14.7 Å². The summed E-state index contributed by atoms with van der Waals surface area (Å²) in [6.45, 7) is 1.97. The summed E-state index contributed by atoms with van der Waals surface area (Å²) in [5, 5.41) is 9.13. The molecule has 3 N–H and O–H groups in total. The lowest BCUT2D eigenvalue weighted by molar-refractivity contribution is 0.241. The Balaban J connectivity index is 1.84. The Labute approximate surface area is 121 Å². The van der Waals surface area contributed by atoms with E-state index >= 15 is 0 Å². The normalized spacial score (nSPS) is 14.4. The van der Waals surface area contributed by atoms with E-state index in [1.54, 1.807) is 0 Å². The molecule has 2 heterocycles. The Hall–Kier alpha value is -2.65. The van der Waals surface area contributed by atoms with Crippen LogP contribution in [0.4, 0.5) is 5.95 Å². The van der Waals surface area contributed by atoms with E-state index < -0.39 is 0 Å². The van der Waals surface area contributed by atoms with Crippen LogP contribution in [-0.4, -0.2) is 21.4 Å². The summed E-state index contributed by atoms with van der Waals surface area (Å²) < 4.78 is 0. The number of hydrogen-bond acceptors (Lipinski definition) is 5. The van der Waals surface area contributed by atoms with Crippen LogP contribution in [0.2, 0.25) is 0 Å². The minimum absolute atomic E-state index is 0.169. The summed E-state index contributed by atoms with van der Waals surface area (Å²) in [4.78, 5) is 20.8. The molecule has 1 aliphatic rings. The van der Waals surface area contributed by atoms with Gasteiger partial charge in [0.15, 0.2) is 0 Å². The van der Waals surface area contributed by atoms with E-state index in [2.05, 4.69) is 20.9 Å². The molecular weight excluding hydrogens is 266 g/mol. The number of rotatable bonds is 2. The molecule has 0 aliphatic carbocycles. The molecule has 21 heavy (non-hydrogen) atoms. The number of benzene rings is 1. The van der Waals surface area contributed by atoms with Gasteiger partial charge in [-0.2, -0.15) is 5.26 Å². The summed E-state index contributed by atoms with van der Waals surface area (Å²) in [5.74, 6) is 0.169. The summed E-state index contributed by atoms with van der Waals surface area (Å²) in [6.07, 6.45) is 0.693. The lowest BCUT2D eigenvalue weighted by Crippen LogP contribution is -2.35. The van der Waals surface area contributed by atoms with Gasteiger partial charge in [-0.25, -0.2) is 4.98 Å². The number of anilines is 1. The Kier molecular flexibility index (Phi) is 3.42. The van der Waals surface area contributed by atoms with Gasteiger partial charge < -0.3 is 5.73 Å². The first-order valence-electron chi connectivity index (χ1n) is 6.75. The van der Waals surface area contributed by atoms with Gasteiger partial charge in [-0.1, -0.05) is 18.2 Å². The molecule has 0 bridgehead atoms. The minimum atomic E-state index is -0.171. The van der Waals surface area contributed by atoms with Crippen molar-refractivity contribution in [3.63, 3.8) is 0 Å². The Morgan fingerprint density at radius 2 is 2.24 bits per heavy atom. The predicted molar refractivity (Wildman–Crippen MR) is 78.2 cm³/mol. The van der Waals surface area contributed by atoms with E-state index in [1.807, 2.05) is 24.3 Å². The van der Waals surface area contributed by atoms with Gasteiger partial charge in [-0.05, 0) is 11.6 Å². The predicted octanol–water partition coefficient (Wildman–Crippen LogP) is 0.782. The molecule has 0 atom stereocenters. The van der Waals surface area contributed by atoms with Crippen molar-refractivity contribution in [3.05, 3.63) is 57.0 Å². The second-order valence-electron chi connectivity index (χ2n) is 5.11. The molecule has 0 saturated carbocycles. The molecular formula is C15H15N5O. The van der Waals surface area contributed by atoms with Crippen molar-refractivity contribution in [1.29, 1.82) is 5.26 Å². The van der Waals surface area contributed by atoms with Crippen molar-refractivity contribution in [3.8, 4) is 6.07 Å². The van der Waals surface area contributed by atoms with Gasteiger partial charge in [0.1, 0.15) is 0 Å². The van der Waals surface area contributed by atoms with Gasteiger partial charge in [0.2, 0.25) is 5.95 Å². The van der Waals surface area contributed by atoms with Gasteiger partial charge in [0, 0.05) is 26.1 Å². The number of nitrogen functional groups attached to an aromatic ring is 1. The number of aromatic amines is 1. The highest BCUT2D eigenvalue weighted by Gasteiger charge is 2.21. The summed E-state index contributed by atoms with van der Waals surface area (Å²) >= 11 is 0. The third kappa shape index (κ3) is 2.64. The summed E-state index contributed by atoms with van der Waals surface area (Å²) in [5.41, 5.74) is 8.49. The van der Waals surface area contributed by atoms with E-state index in [9.17, 15) is 4.79 Å². The minimum Gasteiger partial charge on any atom is -0.369 e. The van der Waals surface area contributed by atoms with Gasteiger partial charge >= 0.3 is 0 Å². The molecule has 0 fully saturated rings. The number of nitrogens with zero attached hydrogens (tertiary/aromatic N) is 3. The highest BCUT2D eigenvalue weighted by Crippen LogP contribution is 2.18. The number of aromatic nitrogens is 2. The van der Waals surface area contributed by atoms with Crippen LogP contribution in [0.25, 0.3) is 0 Å². The first-order chi connectivity index (χ1) is 10.2. The largest absolute Gasteiger partial charge is 0.369 e. The van der Waals surface area contributed by atoms with Crippen molar-refractivity contribution < 1.29 is 0 Å². The first kappa shape index (κ1) is 13.3. The molecule has 6 nitrogen and oxygen atoms in total. The zero-order valence-electron chi connectivity index (χ0n) is 11.5. The monoisotopic (exact) mass is 281 g/mol. The van der Waals surface area contributed by atoms with Crippen LogP contribution in [-0.2, 0) is 19.5 Å². The molecule has 1 aromatic carbocycles. The van der Waals surface area contributed by atoms with E-state index in [1.165, 1.54) is 0 Å². The summed E-state index contributed by atoms with van der Waals surface area (Å²) in [7, 11) is 0. The SMILES string of the molecule is N#Cc1ccccc1CN1CCc2nc(N)[nH]c(=O)c2C1. The third-order valence-electron chi connectivity index (χ3n) is 3.70. The first-order valence-corrected chi connectivity index (χ1v) is 6.75. The number of nitriles is 1. The van der Waals surface area contributed by atoms with Crippen LogP contribution in [0.3, 0.4) is 0 Å². The number of fused-ring (bicyclic) bond motifs is 1. The lowest BCUT2D eigenvalue weighted by atomic mass is 10.0. The second-order valence-corrected chi connectivity index (χ2v) is 5.11. The molecule has 0 amide bonds. The fourth-order valence-corrected chi connectivity index (χ4v) is 2.64. The second kappa shape index (κ2) is 5.38. The molecule has 0 spiro atoms. The zero-order chi connectivity index (χ0) is 14.8. The quantitative estimate of drug-likeness (QED) is 0.847. The molecule has 2 aromatic rings. The topological polar surface area (TPSA) is 98.8 Å². The maximum atomic E-state index is 12.0. The standard InChI is InChI=1S/C15H15N5O/c16-7-10-3-1-2-4-11(10)8-20-6-5-13-12(9-20)14(21)19-15(17)18-13/h1-4H,5-6,8-9H2,(H3,17,18,19,21). The molecule has 1 aliphatic heterocycles. The van der Waals surface area contributed by atoms with Crippen molar-refractivity contribution in [2.45, 2.75) is 19.5 Å². The Bertz CT molecular complexity index is 774. The zero-order valence-corrected chi connectivity index (χ0v) is 11.5. The number of H-pyrrole nitrogens is 1. The van der Waals surface area contributed by atoms with Crippen LogP contribution < -0.4 is 11.3 Å². The average Bonchev–Trinajstić information content (AvgIpc) is 2.48. The van der Waals surface area contributed by atoms with Gasteiger partial charge in [0.25, 0.3) is 5.56 Å². The van der Waals surface area contributed by atoms with E-state index in [-0.39, 0.29) is 11.5 Å². The number of hydrogen-bond donors (Lipinski definition) is 2. The van der Waals surface area contributed by atoms with E-state index in [0.29, 0.717) is 30.6 Å². The summed E-state index contributed by atoms with van der Waals surface area (Å²) in [6, 6.07) is 9.72. The smallest absolute Gasteiger partial charge is 0.257 e. The maximum absolute atomic E-state index is 12.0. The maximum Gasteiger partial charge on any atom is 0.257 e. The number of nitrogens with two attached hydrogens (primary N) is 1. The van der Waals surface area contributed by atoms with Crippen LogP contribution in [0.5, 0.6) is 0 Å². The fourth-order valence-electron chi connectivity index (χ4n) is 2.64. The Morgan fingerprint density at radius 1 is 1.43 bits per heavy atom. The fraction of sp³-hybridized carbons (Fsp3) is 0.267.